The van der Waals surface area contributed by atoms with Crippen LogP contribution in [0.3, 0.4) is 0 Å². The number of sulfonamides is 1. The maximum atomic E-state index is 13.8. The maximum Gasteiger partial charge on any atom is 0.387 e. The quantitative estimate of drug-likeness (QED) is 0.515. The minimum Gasteiger partial charge on any atom is -0.435 e. The van der Waals surface area contributed by atoms with Crippen LogP contribution in [0.5, 0.6) is 5.75 Å². The summed E-state index contributed by atoms with van der Waals surface area (Å²) in [5.41, 5.74) is 1.08. The molecule has 0 unspecified atom stereocenters. The molecule has 6 nitrogen and oxygen atoms in total. The number of ether oxygens (including phenoxy) is 1. The molecule has 0 heterocycles. The first kappa shape index (κ1) is 23.1. The molecule has 32 heavy (non-hydrogen) atoms. The predicted octanol–water partition coefficient (Wildman–Crippen LogP) is 4.47. The van der Waals surface area contributed by atoms with E-state index in [2.05, 4.69) is 14.8 Å². The Labute approximate surface area is 183 Å². The molecule has 3 aromatic carbocycles. The molecule has 2 N–H and O–H groups in total. The molecule has 0 fully saturated rings. The van der Waals surface area contributed by atoms with E-state index in [1.54, 1.807) is 6.92 Å². The zero-order valence-corrected chi connectivity index (χ0v) is 17.6. The molecule has 3 aromatic rings. The maximum absolute atomic E-state index is 13.8. The van der Waals surface area contributed by atoms with E-state index < -0.39 is 28.4 Å². The van der Waals surface area contributed by atoms with Crippen molar-refractivity contribution in [3.8, 4) is 5.75 Å². The first-order valence-corrected chi connectivity index (χ1v) is 10.8. The number of para-hydroxylation sites is 1. The number of benzene rings is 3. The van der Waals surface area contributed by atoms with Crippen molar-refractivity contribution >= 4 is 21.6 Å². The fraction of sp³-hybridized carbons (Fsp3) is 0.136. The van der Waals surface area contributed by atoms with Gasteiger partial charge in [0.2, 0.25) is 0 Å². The molecule has 0 spiro atoms. The zero-order valence-electron chi connectivity index (χ0n) is 16.8. The van der Waals surface area contributed by atoms with Crippen molar-refractivity contribution in [1.29, 1.82) is 0 Å². The number of alkyl halides is 2. The van der Waals surface area contributed by atoms with Crippen LogP contribution in [0.25, 0.3) is 0 Å². The summed E-state index contributed by atoms with van der Waals surface area (Å²) >= 11 is 0. The van der Waals surface area contributed by atoms with Gasteiger partial charge in [0, 0.05) is 12.1 Å². The first-order valence-electron chi connectivity index (χ1n) is 9.35. The molecule has 0 aliphatic rings. The Morgan fingerprint density at radius 3 is 2.38 bits per heavy atom. The Balaban J connectivity index is 1.73. The fourth-order valence-corrected chi connectivity index (χ4v) is 3.92. The Bertz CT molecular complexity index is 1220. The van der Waals surface area contributed by atoms with Crippen LogP contribution < -0.4 is 14.8 Å². The van der Waals surface area contributed by atoms with Gasteiger partial charge in [0.15, 0.2) is 0 Å². The smallest absolute Gasteiger partial charge is 0.387 e. The number of carbonyl (C=O) groups is 1. The molecule has 0 aliphatic heterocycles. The summed E-state index contributed by atoms with van der Waals surface area (Å²) in [5, 5.41) is 2.65. The van der Waals surface area contributed by atoms with Crippen LogP contribution in [0.4, 0.5) is 18.9 Å². The number of rotatable bonds is 8. The number of halogens is 3. The lowest BCUT2D eigenvalue weighted by Gasteiger charge is -2.12. The van der Waals surface area contributed by atoms with Crippen molar-refractivity contribution in [3.05, 3.63) is 89.2 Å². The molecular weight excluding hydrogens is 445 g/mol. The molecule has 10 heteroatoms. The third-order valence-corrected chi connectivity index (χ3v) is 5.85. The Morgan fingerprint density at radius 2 is 1.72 bits per heavy atom. The standard InChI is InChI=1S/C22H19F3N2O4S/c1-14-6-11-17(32(29,30)27-20-5-3-2-4-19(20)23)12-18(14)21(28)26-13-15-7-9-16(10-8-15)31-22(24)25/h2-12,22,27H,13H2,1H3,(H,26,28). The van der Waals surface area contributed by atoms with Gasteiger partial charge in [0.05, 0.1) is 10.6 Å². The van der Waals surface area contributed by atoms with E-state index in [0.29, 0.717) is 11.1 Å². The van der Waals surface area contributed by atoms with Crippen molar-refractivity contribution in [1.82, 2.24) is 5.32 Å². The number of hydrogen-bond acceptors (Lipinski definition) is 4. The lowest BCUT2D eigenvalue weighted by atomic mass is 10.1. The zero-order chi connectivity index (χ0) is 23.3. The third kappa shape index (κ3) is 5.79. The largest absolute Gasteiger partial charge is 0.435 e. The summed E-state index contributed by atoms with van der Waals surface area (Å²) in [6, 6.07) is 15.0. The van der Waals surface area contributed by atoms with Crippen LogP contribution in [-0.2, 0) is 16.6 Å². The van der Waals surface area contributed by atoms with E-state index in [1.807, 2.05) is 0 Å². The monoisotopic (exact) mass is 464 g/mol. The van der Waals surface area contributed by atoms with E-state index in [9.17, 15) is 26.4 Å². The normalized spacial score (nSPS) is 11.3. The molecule has 168 valence electrons. The van der Waals surface area contributed by atoms with Gasteiger partial charge < -0.3 is 10.1 Å². The molecule has 0 aromatic heterocycles. The van der Waals surface area contributed by atoms with Crippen molar-refractivity contribution in [2.75, 3.05) is 4.72 Å². The molecule has 1 amide bonds. The lowest BCUT2D eigenvalue weighted by molar-refractivity contribution is -0.0498. The molecule has 0 saturated heterocycles. The lowest BCUT2D eigenvalue weighted by Crippen LogP contribution is -2.24. The van der Waals surface area contributed by atoms with Gasteiger partial charge in [-0.2, -0.15) is 8.78 Å². The Kier molecular flexibility index (Phi) is 7.04. The molecule has 3 rings (SSSR count). The molecule has 0 saturated carbocycles. The van der Waals surface area contributed by atoms with Crippen LogP contribution in [0, 0.1) is 12.7 Å². The summed E-state index contributed by atoms with van der Waals surface area (Å²) in [7, 11) is -4.14. The second-order valence-electron chi connectivity index (χ2n) is 6.77. The van der Waals surface area contributed by atoms with Gasteiger partial charge in [-0.25, -0.2) is 12.8 Å². The van der Waals surface area contributed by atoms with E-state index in [1.165, 1.54) is 60.7 Å². The van der Waals surface area contributed by atoms with E-state index in [-0.39, 0.29) is 28.4 Å². The van der Waals surface area contributed by atoms with Crippen LogP contribution in [-0.4, -0.2) is 20.9 Å². The van der Waals surface area contributed by atoms with Crippen LogP contribution >= 0.6 is 0 Å². The van der Waals surface area contributed by atoms with Gasteiger partial charge in [0.25, 0.3) is 15.9 Å². The van der Waals surface area contributed by atoms with Gasteiger partial charge in [-0.3, -0.25) is 9.52 Å². The van der Waals surface area contributed by atoms with Crippen LogP contribution in [0.15, 0.2) is 71.6 Å². The summed E-state index contributed by atoms with van der Waals surface area (Å²) in [6.07, 6.45) is 0. The summed E-state index contributed by atoms with van der Waals surface area (Å²) in [5.74, 6) is -1.27. The fourth-order valence-electron chi connectivity index (χ4n) is 2.83. The highest BCUT2D eigenvalue weighted by Crippen LogP contribution is 2.21. The number of amides is 1. The topological polar surface area (TPSA) is 84.5 Å². The second-order valence-corrected chi connectivity index (χ2v) is 8.45. The van der Waals surface area contributed by atoms with E-state index in [4.69, 9.17) is 0 Å². The summed E-state index contributed by atoms with van der Waals surface area (Å²) in [4.78, 5) is 12.4. The number of anilines is 1. The summed E-state index contributed by atoms with van der Waals surface area (Å²) in [6.45, 7) is -1.20. The molecule has 0 radical (unpaired) electrons. The highest BCUT2D eigenvalue weighted by molar-refractivity contribution is 7.92. The van der Waals surface area contributed by atoms with Crippen LogP contribution in [0.1, 0.15) is 21.5 Å². The highest BCUT2D eigenvalue weighted by atomic mass is 32.2. The van der Waals surface area contributed by atoms with Gasteiger partial charge in [0.1, 0.15) is 11.6 Å². The molecule has 0 aliphatic carbocycles. The van der Waals surface area contributed by atoms with Crippen LogP contribution in [0.2, 0.25) is 0 Å². The van der Waals surface area contributed by atoms with E-state index in [0.717, 1.165) is 6.07 Å². The second kappa shape index (κ2) is 9.73. The highest BCUT2D eigenvalue weighted by Gasteiger charge is 2.19. The third-order valence-electron chi connectivity index (χ3n) is 4.48. The van der Waals surface area contributed by atoms with Gasteiger partial charge in [-0.05, 0) is 54.4 Å². The minimum absolute atomic E-state index is 0.00817. The van der Waals surface area contributed by atoms with Crippen molar-refractivity contribution in [3.63, 3.8) is 0 Å². The Morgan fingerprint density at radius 1 is 1.03 bits per heavy atom. The summed E-state index contributed by atoms with van der Waals surface area (Å²) < 4.78 is 70.0. The van der Waals surface area contributed by atoms with Gasteiger partial charge in [-0.15, -0.1) is 0 Å². The predicted molar refractivity (Wildman–Crippen MR) is 113 cm³/mol. The van der Waals surface area contributed by atoms with Gasteiger partial charge >= 0.3 is 6.61 Å². The number of nitrogens with one attached hydrogen (secondary N) is 2. The average Bonchev–Trinajstić information content (AvgIpc) is 2.74. The van der Waals surface area contributed by atoms with Crippen molar-refractivity contribution in [2.24, 2.45) is 0 Å². The van der Waals surface area contributed by atoms with Crippen molar-refractivity contribution < 1.29 is 31.1 Å². The van der Waals surface area contributed by atoms with Crippen molar-refractivity contribution in [2.45, 2.75) is 25.0 Å². The average molecular weight is 464 g/mol. The van der Waals surface area contributed by atoms with Gasteiger partial charge in [-0.1, -0.05) is 30.3 Å². The SMILES string of the molecule is Cc1ccc(S(=O)(=O)Nc2ccccc2F)cc1C(=O)NCc1ccc(OC(F)F)cc1. The molecule has 0 atom stereocenters. The van der Waals surface area contributed by atoms with E-state index >= 15 is 0 Å². The first-order chi connectivity index (χ1) is 15.2. The number of aryl methyl sites for hydroxylation is 1. The molecule has 0 bridgehead atoms. The number of carbonyl (C=O) groups excluding carboxylic acids is 1. The molecular formula is C22H19F3N2O4S. The Hall–Kier alpha value is -3.53. The number of hydrogen-bond donors (Lipinski definition) is 2. The minimum atomic E-state index is -4.14.